The van der Waals surface area contributed by atoms with Gasteiger partial charge in [-0.25, -0.2) is 4.68 Å². The third kappa shape index (κ3) is 1.02. The molecule has 0 aliphatic rings. The van der Waals surface area contributed by atoms with Crippen LogP contribution in [0.5, 0.6) is 0 Å². The molecule has 0 saturated carbocycles. The zero-order valence-electron chi connectivity index (χ0n) is 6.13. The number of nitrogen functional groups attached to an aromatic ring is 1. The van der Waals surface area contributed by atoms with Crippen LogP contribution in [0.25, 0.3) is 0 Å². The smallest absolute Gasteiger partial charge is 0.190 e. The van der Waals surface area contributed by atoms with Gasteiger partial charge < -0.3 is 11.1 Å². The molecule has 1 aromatic heterocycles. The fraction of sp³-hybridized carbons (Fsp3) is 0.600. The van der Waals surface area contributed by atoms with Crippen LogP contribution in [0, 0.1) is 0 Å². The summed E-state index contributed by atoms with van der Waals surface area (Å²) in [5, 5.41) is 10.4. The fourth-order valence-corrected chi connectivity index (χ4v) is 0.746. The van der Waals surface area contributed by atoms with Crippen molar-refractivity contribution < 1.29 is 0 Å². The molecule has 0 aliphatic carbocycles. The standard InChI is InChI=1S/C5H11N5/c1-3-7-5-4(6)8-9-10(5)2/h7H,3,6H2,1-2H3. The molecule has 0 amide bonds. The maximum Gasteiger partial charge on any atom is 0.190 e. The molecule has 0 atom stereocenters. The molecule has 0 aromatic carbocycles. The number of nitrogens with zero attached hydrogens (tertiary/aromatic N) is 3. The van der Waals surface area contributed by atoms with Gasteiger partial charge in [0.15, 0.2) is 11.6 Å². The van der Waals surface area contributed by atoms with Crippen molar-refractivity contribution in [2.24, 2.45) is 7.05 Å². The molecule has 1 rings (SSSR count). The lowest BCUT2D eigenvalue weighted by Gasteiger charge is -2.00. The Balaban J connectivity index is 2.87. The van der Waals surface area contributed by atoms with E-state index in [4.69, 9.17) is 5.73 Å². The van der Waals surface area contributed by atoms with Gasteiger partial charge in [0.05, 0.1) is 0 Å². The van der Waals surface area contributed by atoms with Crippen LogP contribution in [0.1, 0.15) is 6.92 Å². The van der Waals surface area contributed by atoms with Crippen LogP contribution >= 0.6 is 0 Å². The number of aryl methyl sites for hydroxylation is 1. The van der Waals surface area contributed by atoms with E-state index in [0.29, 0.717) is 5.82 Å². The average Bonchev–Trinajstić information content (AvgIpc) is 2.20. The predicted octanol–water partition coefficient (Wildman–Crippen LogP) is -0.171. The number of anilines is 2. The fourth-order valence-electron chi connectivity index (χ4n) is 0.746. The van der Waals surface area contributed by atoms with Crippen LogP contribution in [-0.4, -0.2) is 21.5 Å². The number of aromatic nitrogens is 3. The van der Waals surface area contributed by atoms with E-state index in [1.165, 1.54) is 0 Å². The molecule has 56 valence electrons. The molecule has 0 spiro atoms. The lowest BCUT2D eigenvalue weighted by molar-refractivity contribution is 0.718. The number of nitrogens with one attached hydrogen (secondary N) is 1. The highest BCUT2D eigenvalue weighted by atomic mass is 15.5. The summed E-state index contributed by atoms with van der Waals surface area (Å²) in [6, 6.07) is 0. The van der Waals surface area contributed by atoms with E-state index in [2.05, 4.69) is 15.6 Å². The summed E-state index contributed by atoms with van der Waals surface area (Å²) in [7, 11) is 1.79. The third-order valence-corrected chi connectivity index (χ3v) is 1.20. The van der Waals surface area contributed by atoms with Crippen molar-refractivity contribution in [1.82, 2.24) is 15.0 Å². The van der Waals surface area contributed by atoms with Crippen molar-refractivity contribution in [2.75, 3.05) is 17.6 Å². The maximum atomic E-state index is 5.47. The van der Waals surface area contributed by atoms with Gasteiger partial charge in [-0.05, 0) is 6.92 Å². The summed E-state index contributed by atoms with van der Waals surface area (Å²) in [6.07, 6.45) is 0. The van der Waals surface area contributed by atoms with Crippen molar-refractivity contribution in [3.8, 4) is 0 Å². The predicted molar refractivity (Wildman–Crippen MR) is 39.6 cm³/mol. The first-order chi connectivity index (χ1) is 4.75. The summed E-state index contributed by atoms with van der Waals surface area (Å²) in [5.74, 6) is 1.23. The number of rotatable bonds is 2. The molecule has 0 saturated heterocycles. The number of hydrogen-bond acceptors (Lipinski definition) is 4. The van der Waals surface area contributed by atoms with Gasteiger partial charge in [0.25, 0.3) is 0 Å². The largest absolute Gasteiger partial charge is 0.379 e. The topological polar surface area (TPSA) is 68.8 Å². The molecule has 1 aromatic rings. The molecule has 10 heavy (non-hydrogen) atoms. The van der Waals surface area contributed by atoms with E-state index in [1.807, 2.05) is 6.92 Å². The van der Waals surface area contributed by atoms with Crippen LogP contribution in [0.2, 0.25) is 0 Å². The van der Waals surface area contributed by atoms with Gasteiger partial charge in [0.2, 0.25) is 0 Å². The van der Waals surface area contributed by atoms with E-state index in [-0.39, 0.29) is 0 Å². The summed E-state index contributed by atoms with van der Waals surface area (Å²) in [6.45, 7) is 2.82. The molecule has 5 heteroatoms. The van der Waals surface area contributed by atoms with Crippen molar-refractivity contribution in [3.63, 3.8) is 0 Å². The molecule has 1 heterocycles. The average molecular weight is 141 g/mol. The summed E-state index contributed by atoms with van der Waals surface area (Å²) in [5.41, 5.74) is 5.47. The Morgan fingerprint density at radius 2 is 2.40 bits per heavy atom. The number of hydrogen-bond donors (Lipinski definition) is 2. The molecule has 0 bridgehead atoms. The highest BCUT2D eigenvalue weighted by molar-refractivity contribution is 5.55. The van der Waals surface area contributed by atoms with E-state index in [9.17, 15) is 0 Å². The Bertz CT molecular complexity index is 196. The van der Waals surface area contributed by atoms with Gasteiger partial charge in [-0.3, -0.25) is 0 Å². The Morgan fingerprint density at radius 1 is 1.70 bits per heavy atom. The van der Waals surface area contributed by atoms with Crippen LogP contribution in [-0.2, 0) is 7.05 Å². The van der Waals surface area contributed by atoms with E-state index < -0.39 is 0 Å². The molecule has 0 radical (unpaired) electrons. The minimum Gasteiger partial charge on any atom is -0.379 e. The van der Waals surface area contributed by atoms with Gasteiger partial charge in [-0.2, -0.15) is 0 Å². The Hall–Kier alpha value is -1.26. The highest BCUT2D eigenvalue weighted by Crippen LogP contribution is 2.10. The first-order valence-electron chi connectivity index (χ1n) is 3.14. The summed E-state index contributed by atoms with van der Waals surface area (Å²) >= 11 is 0. The van der Waals surface area contributed by atoms with E-state index >= 15 is 0 Å². The van der Waals surface area contributed by atoms with Crippen LogP contribution < -0.4 is 11.1 Å². The minimum atomic E-state index is 0.448. The molecular weight excluding hydrogens is 130 g/mol. The van der Waals surface area contributed by atoms with Crippen LogP contribution in [0.15, 0.2) is 0 Å². The molecule has 0 unspecified atom stereocenters. The van der Waals surface area contributed by atoms with Crippen molar-refractivity contribution in [2.45, 2.75) is 6.92 Å². The van der Waals surface area contributed by atoms with Gasteiger partial charge >= 0.3 is 0 Å². The molecular formula is C5H11N5. The molecule has 0 aliphatic heterocycles. The first kappa shape index (κ1) is 6.85. The van der Waals surface area contributed by atoms with Crippen molar-refractivity contribution in [3.05, 3.63) is 0 Å². The Labute approximate surface area is 59.2 Å². The van der Waals surface area contributed by atoms with Crippen molar-refractivity contribution in [1.29, 1.82) is 0 Å². The SMILES string of the molecule is CCNc1c(N)nnn1C. The monoisotopic (exact) mass is 141 g/mol. The molecule has 5 nitrogen and oxygen atoms in total. The van der Waals surface area contributed by atoms with E-state index in [0.717, 1.165) is 12.4 Å². The van der Waals surface area contributed by atoms with Crippen LogP contribution in [0.3, 0.4) is 0 Å². The Kier molecular flexibility index (Phi) is 1.75. The highest BCUT2D eigenvalue weighted by Gasteiger charge is 2.03. The van der Waals surface area contributed by atoms with Crippen molar-refractivity contribution >= 4 is 11.6 Å². The lowest BCUT2D eigenvalue weighted by Crippen LogP contribution is -2.04. The lowest BCUT2D eigenvalue weighted by atomic mass is 10.6. The minimum absolute atomic E-state index is 0.448. The molecule has 0 fully saturated rings. The zero-order valence-corrected chi connectivity index (χ0v) is 6.13. The quantitative estimate of drug-likeness (QED) is 0.600. The second-order valence-electron chi connectivity index (χ2n) is 1.98. The summed E-state index contributed by atoms with van der Waals surface area (Å²) < 4.78 is 1.61. The van der Waals surface area contributed by atoms with Crippen LogP contribution in [0.4, 0.5) is 11.6 Å². The zero-order chi connectivity index (χ0) is 7.56. The van der Waals surface area contributed by atoms with E-state index in [1.54, 1.807) is 11.7 Å². The van der Waals surface area contributed by atoms with Gasteiger partial charge in [0, 0.05) is 13.6 Å². The van der Waals surface area contributed by atoms with Gasteiger partial charge in [-0.1, -0.05) is 5.21 Å². The normalized spacial score (nSPS) is 9.80. The maximum absolute atomic E-state index is 5.47. The summed E-state index contributed by atoms with van der Waals surface area (Å²) in [4.78, 5) is 0. The second-order valence-corrected chi connectivity index (χ2v) is 1.98. The van der Waals surface area contributed by atoms with Gasteiger partial charge in [0.1, 0.15) is 0 Å². The Morgan fingerprint density at radius 3 is 2.80 bits per heavy atom. The molecule has 3 N–H and O–H groups in total. The third-order valence-electron chi connectivity index (χ3n) is 1.20. The van der Waals surface area contributed by atoms with Gasteiger partial charge in [-0.15, -0.1) is 5.10 Å². The number of nitrogens with two attached hydrogens (primary N) is 1. The second kappa shape index (κ2) is 2.55. The first-order valence-corrected chi connectivity index (χ1v) is 3.14.